The Morgan fingerprint density at radius 1 is 1.53 bits per heavy atom. The molecule has 1 amide bonds. The largest absolute Gasteiger partial charge is 0.475 e. The zero-order valence-corrected chi connectivity index (χ0v) is 9.82. The molecule has 0 spiro atoms. The van der Waals surface area contributed by atoms with Crippen molar-refractivity contribution in [2.24, 2.45) is 11.3 Å². The van der Waals surface area contributed by atoms with Crippen molar-refractivity contribution in [1.29, 1.82) is 0 Å². The van der Waals surface area contributed by atoms with Crippen LogP contribution < -0.4 is 5.32 Å². The van der Waals surface area contributed by atoms with Crippen LogP contribution in [0.5, 0.6) is 0 Å². The Labute approximate surface area is 98.8 Å². The number of carbonyl (C=O) groups is 2. The third-order valence-electron chi connectivity index (χ3n) is 3.14. The number of hydrogen-bond donors (Lipinski definition) is 2. The molecule has 0 radical (unpaired) electrons. The van der Waals surface area contributed by atoms with Crippen molar-refractivity contribution < 1.29 is 19.1 Å². The van der Waals surface area contributed by atoms with Crippen molar-refractivity contribution >= 4 is 11.9 Å². The van der Waals surface area contributed by atoms with Gasteiger partial charge < -0.3 is 14.8 Å². The molecular weight excluding hydrogens is 222 g/mol. The van der Waals surface area contributed by atoms with Gasteiger partial charge in [0, 0.05) is 5.92 Å². The molecule has 1 heterocycles. The summed E-state index contributed by atoms with van der Waals surface area (Å²) < 4.78 is 5.03. The predicted octanol–water partition coefficient (Wildman–Crippen LogP) is 1.64. The molecule has 1 unspecified atom stereocenters. The van der Waals surface area contributed by atoms with Crippen LogP contribution in [0.1, 0.15) is 36.6 Å². The average Bonchev–Trinajstić information content (AvgIpc) is 2.71. The number of hydrogen-bond acceptors (Lipinski definition) is 3. The zero-order chi connectivity index (χ0) is 12.6. The lowest BCUT2D eigenvalue weighted by Gasteiger charge is -2.04. The van der Waals surface area contributed by atoms with E-state index in [9.17, 15) is 9.59 Å². The van der Waals surface area contributed by atoms with E-state index in [1.54, 1.807) is 6.07 Å². The van der Waals surface area contributed by atoms with Gasteiger partial charge in [0.25, 0.3) is 0 Å². The number of aromatic carboxylic acids is 1. The molecule has 0 saturated heterocycles. The first-order valence-electron chi connectivity index (χ1n) is 5.50. The Morgan fingerprint density at radius 2 is 2.18 bits per heavy atom. The molecule has 1 aromatic heterocycles. The molecule has 2 rings (SSSR count). The molecule has 0 aliphatic heterocycles. The second-order valence-corrected chi connectivity index (χ2v) is 5.03. The summed E-state index contributed by atoms with van der Waals surface area (Å²) in [6.45, 7) is 4.33. The van der Waals surface area contributed by atoms with Crippen LogP contribution in [0.25, 0.3) is 0 Å². The molecule has 1 aliphatic carbocycles. The van der Waals surface area contributed by atoms with Crippen LogP contribution >= 0.6 is 0 Å². The van der Waals surface area contributed by atoms with Gasteiger partial charge in [0.1, 0.15) is 5.76 Å². The first-order valence-corrected chi connectivity index (χ1v) is 5.50. The van der Waals surface area contributed by atoms with Gasteiger partial charge in [-0.1, -0.05) is 13.8 Å². The highest BCUT2D eigenvalue weighted by atomic mass is 16.4. The van der Waals surface area contributed by atoms with Gasteiger partial charge in [-0.25, -0.2) is 4.79 Å². The second kappa shape index (κ2) is 3.91. The molecule has 2 N–H and O–H groups in total. The van der Waals surface area contributed by atoms with Crippen LogP contribution in [0, 0.1) is 11.3 Å². The van der Waals surface area contributed by atoms with Crippen molar-refractivity contribution in [3.05, 3.63) is 23.7 Å². The second-order valence-electron chi connectivity index (χ2n) is 5.03. The maximum absolute atomic E-state index is 11.7. The van der Waals surface area contributed by atoms with Crippen LogP contribution in [-0.4, -0.2) is 17.0 Å². The van der Waals surface area contributed by atoms with Gasteiger partial charge in [-0.15, -0.1) is 0 Å². The van der Waals surface area contributed by atoms with E-state index in [0.29, 0.717) is 5.76 Å². The first-order chi connectivity index (χ1) is 7.90. The normalized spacial score (nSPS) is 20.9. The lowest BCUT2D eigenvalue weighted by atomic mass is 10.1. The minimum Gasteiger partial charge on any atom is -0.475 e. The number of carboxylic acid groups (broad SMARTS) is 1. The number of amides is 1. The summed E-state index contributed by atoms with van der Waals surface area (Å²) >= 11 is 0. The summed E-state index contributed by atoms with van der Waals surface area (Å²) in [5, 5.41) is 11.4. The van der Waals surface area contributed by atoms with Gasteiger partial charge in [-0.05, 0) is 24.0 Å². The Bertz CT molecular complexity index is 461. The highest BCUT2D eigenvalue weighted by molar-refractivity contribution is 5.84. The first kappa shape index (κ1) is 11.7. The van der Waals surface area contributed by atoms with Crippen molar-refractivity contribution in [2.45, 2.75) is 26.8 Å². The molecule has 1 aliphatic rings. The van der Waals surface area contributed by atoms with Crippen LogP contribution in [-0.2, 0) is 11.3 Å². The van der Waals surface area contributed by atoms with Crippen LogP contribution in [0.4, 0.5) is 0 Å². The Balaban J connectivity index is 1.86. The molecule has 0 aromatic carbocycles. The summed E-state index contributed by atoms with van der Waals surface area (Å²) in [6.07, 6.45) is 0.900. The summed E-state index contributed by atoms with van der Waals surface area (Å²) in [5.74, 6) is -0.694. The fourth-order valence-corrected chi connectivity index (χ4v) is 1.80. The number of carbonyl (C=O) groups excluding carboxylic acids is 1. The van der Waals surface area contributed by atoms with Crippen molar-refractivity contribution in [2.75, 3.05) is 0 Å². The van der Waals surface area contributed by atoms with E-state index in [4.69, 9.17) is 9.52 Å². The predicted molar refractivity (Wildman–Crippen MR) is 59.4 cm³/mol. The molecule has 5 nitrogen and oxygen atoms in total. The van der Waals surface area contributed by atoms with E-state index in [2.05, 4.69) is 5.32 Å². The molecule has 1 atom stereocenters. The van der Waals surface area contributed by atoms with E-state index >= 15 is 0 Å². The van der Waals surface area contributed by atoms with Gasteiger partial charge in [0.2, 0.25) is 11.7 Å². The van der Waals surface area contributed by atoms with Crippen LogP contribution in [0.2, 0.25) is 0 Å². The average molecular weight is 237 g/mol. The Hall–Kier alpha value is -1.78. The number of furan rings is 1. The molecule has 92 valence electrons. The maximum Gasteiger partial charge on any atom is 0.371 e. The lowest BCUT2D eigenvalue weighted by Crippen LogP contribution is -2.25. The summed E-state index contributed by atoms with van der Waals surface area (Å²) in [7, 11) is 0. The van der Waals surface area contributed by atoms with Crippen molar-refractivity contribution in [1.82, 2.24) is 5.32 Å². The molecule has 5 heteroatoms. The minimum absolute atomic E-state index is 0.00303. The van der Waals surface area contributed by atoms with E-state index < -0.39 is 5.97 Å². The monoisotopic (exact) mass is 237 g/mol. The third-order valence-corrected chi connectivity index (χ3v) is 3.14. The molecule has 1 saturated carbocycles. The van der Waals surface area contributed by atoms with Crippen molar-refractivity contribution in [3.63, 3.8) is 0 Å². The lowest BCUT2D eigenvalue weighted by molar-refractivity contribution is -0.123. The fraction of sp³-hybridized carbons (Fsp3) is 0.500. The standard InChI is InChI=1S/C12H15NO4/c1-12(2)5-8(12)10(14)13-6-7-3-4-9(17-7)11(15)16/h3-4,8H,5-6H2,1-2H3,(H,13,14)(H,15,16). The fourth-order valence-electron chi connectivity index (χ4n) is 1.80. The van der Waals surface area contributed by atoms with Gasteiger partial charge in [-0.3, -0.25) is 4.79 Å². The summed E-state index contributed by atoms with van der Waals surface area (Å²) in [6, 6.07) is 2.94. The smallest absolute Gasteiger partial charge is 0.371 e. The molecule has 17 heavy (non-hydrogen) atoms. The SMILES string of the molecule is CC1(C)CC1C(=O)NCc1ccc(C(=O)O)o1. The molecule has 1 aromatic rings. The van der Waals surface area contributed by atoms with E-state index in [1.807, 2.05) is 13.8 Å². The zero-order valence-electron chi connectivity index (χ0n) is 9.82. The topological polar surface area (TPSA) is 79.5 Å². The number of rotatable bonds is 4. The van der Waals surface area contributed by atoms with E-state index in [0.717, 1.165) is 6.42 Å². The summed E-state index contributed by atoms with van der Waals surface area (Å²) in [5.41, 5.74) is 0.0967. The maximum atomic E-state index is 11.7. The Kier molecular flexibility index (Phi) is 2.69. The number of carboxylic acids is 1. The van der Waals surface area contributed by atoms with Gasteiger partial charge >= 0.3 is 5.97 Å². The minimum atomic E-state index is -1.11. The number of nitrogens with one attached hydrogen (secondary N) is 1. The molecule has 0 bridgehead atoms. The van der Waals surface area contributed by atoms with Gasteiger partial charge in [0.15, 0.2) is 0 Å². The quantitative estimate of drug-likeness (QED) is 0.834. The van der Waals surface area contributed by atoms with Crippen LogP contribution in [0.15, 0.2) is 16.5 Å². The van der Waals surface area contributed by atoms with E-state index in [-0.39, 0.29) is 29.5 Å². The third kappa shape index (κ3) is 2.49. The van der Waals surface area contributed by atoms with Crippen molar-refractivity contribution in [3.8, 4) is 0 Å². The van der Waals surface area contributed by atoms with Gasteiger partial charge in [-0.2, -0.15) is 0 Å². The highest BCUT2D eigenvalue weighted by Gasteiger charge is 2.50. The van der Waals surface area contributed by atoms with Crippen LogP contribution in [0.3, 0.4) is 0 Å². The van der Waals surface area contributed by atoms with Gasteiger partial charge in [0.05, 0.1) is 6.54 Å². The Morgan fingerprint density at radius 3 is 2.65 bits per heavy atom. The highest BCUT2D eigenvalue weighted by Crippen LogP contribution is 2.51. The summed E-state index contributed by atoms with van der Waals surface area (Å²) in [4.78, 5) is 22.2. The van der Waals surface area contributed by atoms with E-state index in [1.165, 1.54) is 6.07 Å². The molecule has 1 fully saturated rings. The molecular formula is C12H15NO4.